The van der Waals surface area contributed by atoms with Crippen LogP contribution < -0.4 is 11.5 Å². The van der Waals surface area contributed by atoms with Crippen LogP contribution >= 0.6 is 0 Å². The van der Waals surface area contributed by atoms with Crippen LogP contribution in [0.5, 0.6) is 0 Å². The first-order chi connectivity index (χ1) is 6.52. The minimum Gasteiger partial charge on any atom is -0.481 e. The summed E-state index contributed by atoms with van der Waals surface area (Å²) in [4.78, 5) is 10.3. The summed E-state index contributed by atoms with van der Waals surface area (Å²) >= 11 is 0. The lowest BCUT2D eigenvalue weighted by Gasteiger charge is -2.11. The maximum absolute atomic E-state index is 13.3. The quantitative estimate of drug-likeness (QED) is 0.629. The maximum Gasteiger partial charge on any atom is 0.305 e. The Morgan fingerprint density at radius 2 is 2.21 bits per heavy atom. The third-order valence-electron chi connectivity index (χ3n) is 1.85. The minimum atomic E-state index is -1.07. The van der Waals surface area contributed by atoms with Crippen LogP contribution in [0.1, 0.15) is 18.0 Å². The Bertz CT molecular complexity index is 355. The zero-order chi connectivity index (χ0) is 10.7. The topological polar surface area (TPSA) is 89.3 Å². The minimum absolute atomic E-state index is 0.0247. The highest BCUT2D eigenvalue weighted by molar-refractivity contribution is 5.68. The number of aliphatic carboxylic acids is 1. The third kappa shape index (κ3) is 2.20. The summed E-state index contributed by atoms with van der Waals surface area (Å²) in [5, 5.41) is 8.47. The summed E-state index contributed by atoms with van der Waals surface area (Å²) in [5.41, 5.74) is 10.9. The summed E-state index contributed by atoms with van der Waals surface area (Å²) in [6.45, 7) is 0. The number of hydrogen-bond acceptors (Lipinski definition) is 3. The molecule has 0 saturated carbocycles. The lowest BCUT2D eigenvalue weighted by atomic mass is 10.0. The average Bonchev–Trinajstić information content (AvgIpc) is 2.08. The van der Waals surface area contributed by atoms with E-state index in [0.29, 0.717) is 0 Å². The SMILES string of the molecule is Nc1cccc(C(N)CC(=O)O)c1F. The lowest BCUT2D eigenvalue weighted by Crippen LogP contribution is -2.16. The van der Waals surface area contributed by atoms with Gasteiger partial charge in [-0.3, -0.25) is 4.79 Å². The summed E-state index contributed by atoms with van der Waals surface area (Å²) in [6, 6.07) is 3.50. The van der Waals surface area contributed by atoms with E-state index >= 15 is 0 Å². The van der Waals surface area contributed by atoms with Gasteiger partial charge in [0, 0.05) is 11.6 Å². The molecule has 0 aliphatic heterocycles. The Balaban J connectivity index is 2.95. The van der Waals surface area contributed by atoms with Crippen molar-refractivity contribution in [2.24, 2.45) is 5.73 Å². The van der Waals surface area contributed by atoms with E-state index in [1.165, 1.54) is 18.2 Å². The van der Waals surface area contributed by atoms with Crippen LogP contribution in [0.25, 0.3) is 0 Å². The Labute approximate surface area is 80.3 Å². The van der Waals surface area contributed by atoms with E-state index in [2.05, 4.69) is 0 Å². The highest BCUT2D eigenvalue weighted by Crippen LogP contribution is 2.21. The second-order valence-corrected chi connectivity index (χ2v) is 2.95. The molecule has 0 spiro atoms. The van der Waals surface area contributed by atoms with Gasteiger partial charge in [0.25, 0.3) is 0 Å². The molecule has 0 aliphatic rings. The molecule has 0 aromatic heterocycles. The second-order valence-electron chi connectivity index (χ2n) is 2.95. The van der Waals surface area contributed by atoms with Gasteiger partial charge in [0.1, 0.15) is 0 Å². The molecule has 0 aliphatic carbocycles. The van der Waals surface area contributed by atoms with E-state index < -0.39 is 17.8 Å². The fraction of sp³-hybridized carbons (Fsp3) is 0.222. The van der Waals surface area contributed by atoms with Gasteiger partial charge in [-0.15, -0.1) is 0 Å². The summed E-state index contributed by atoms with van der Waals surface area (Å²) < 4.78 is 13.3. The molecule has 1 aromatic carbocycles. The van der Waals surface area contributed by atoms with Crippen LogP contribution in [-0.4, -0.2) is 11.1 Å². The van der Waals surface area contributed by atoms with Crippen molar-refractivity contribution in [3.8, 4) is 0 Å². The van der Waals surface area contributed by atoms with Crippen molar-refractivity contribution < 1.29 is 14.3 Å². The molecule has 76 valence electrons. The van der Waals surface area contributed by atoms with Crippen LogP contribution in [0.3, 0.4) is 0 Å². The first-order valence-electron chi connectivity index (χ1n) is 4.03. The maximum atomic E-state index is 13.3. The van der Waals surface area contributed by atoms with Crippen LogP contribution in [0.2, 0.25) is 0 Å². The number of halogens is 1. The molecule has 0 heterocycles. The standard InChI is InChI=1S/C9H11FN2O2/c10-9-5(2-1-3-6(9)11)7(12)4-8(13)14/h1-3,7H,4,11-12H2,(H,13,14). The average molecular weight is 198 g/mol. The van der Waals surface area contributed by atoms with Crippen LogP contribution in [0.15, 0.2) is 18.2 Å². The number of nitrogen functional groups attached to an aromatic ring is 1. The predicted octanol–water partition coefficient (Wildman–Crippen LogP) is 0.882. The molecule has 0 saturated heterocycles. The summed E-state index contributed by atoms with van der Waals surface area (Å²) in [7, 11) is 0. The van der Waals surface area contributed by atoms with Crippen molar-refractivity contribution in [1.82, 2.24) is 0 Å². The smallest absolute Gasteiger partial charge is 0.305 e. The number of carboxylic acid groups (broad SMARTS) is 1. The number of nitrogens with two attached hydrogens (primary N) is 2. The molecule has 1 atom stereocenters. The van der Waals surface area contributed by atoms with E-state index in [9.17, 15) is 9.18 Å². The third-order valence-corrected chi connectivity index (χ3v) is 1.85. The summed E-state index contributed by atoms with van der Waals surface area (Å²) in [5.74, 6) is -1.71. The van der Waals surface area contributed by atoms with Crippen LogP contribution in [-0.2, 0) is 4.79 Å². The lowest BCUT2D eigenvalue weighted by molar-refractivity contribution is -0.137. The number of carbonyl (C=O) groups is 1. The fourth-order valence-electron chi connectivity index (χ4n) is 1.15. The number of hydrogen-bond donors (Lipinski definition) is 3. The Kier molecular flexibility index (Phi) is 3.03. The highest BCUT2D eigenvalue weighted by atomic mass is 19.1. The van der Waals surface area contributed by atoms with Gasteiger partial charge in [0.15, 0.2) is 5.82 Å². The largest absolute Gasteiger partial charge is 0.481 e. The Morgan fingerprint density at radius 3 is 2.79 bits per heavy atom. The van der Waals surface area contributed by atoms with Crippen molar-refractivity contribution in [1.29, 1.82) is 0 Å². The van der Waals surface area contributed by atoms with Crippen LogP contribution in [0, 0.1) is 5.82 Å². The molecular formula is C9H11FN2O2. The molecule has 1 aromatic rings. The number of carboxylic acids is 1. The van der Waals surface area contributed by atoms with Gasteiger partial charge < -0.3 is 16.6 Å². The first-order valence-corrected chi connectivity index (χ1v) is 4.03. The molecule has 0 bridgehead atoms. The van der Waals surface area contributed by atoms with E-state index in [0.717, 1.165) is 0 Å². The molecule has 5 N–H and O–H groups in total. The van der Waals surface area contributed by atoms with E-state index in [1.54, 1.807) is 0 Å². The van der Waals surface area contributed by atoms with Crippen molar-refractivity contribution in [2.75, 3.05) is 5.73 Å². The number of rotatable bonds is 3. The monoisotopic (exact) mass is 198 g/mol. The summed E-state index contributed by atoms with van der Waals surface area (Å²) in [6.07, 6.45) is -0.319. The molecule has 1 rings (SSSR count). The molecule has 1 unspecified atom stereocenters. The zero-order valence-electron chi connectivity index (χ0n) is 7.40. The van der Waals surface area contributed by atoms with Crippen molar-refractivity contribution in [3.05, 3.63) is 29.6 Å². The normalized spacial score (nSPS) is 12.4. The molecule has 0 fully saturated rings. The van der Waals surface area contributed by atoms with Gasteiger partial charge in [-0.1, -0.05) is 12.1 Å². The van der Waals surface area contributed by atoms with Gasteiger partial charge in [-0.2, -0.15) is 0 Å². The van der Waals surface area contributed by atoms with Gasteiger partial charge >= 0.3 is 5.97 Å². The highest BCUT2D eigenvalue weighted by Gasteiger charge is 2.15. The van der Waals surface area contributed by atoms with E-state index in [-0.39, 0.29) is 17.7 Å². The van der Waals surface area contributed by atoms with Gasteiger partial charge in [0.05, 0.1) is 12.1 Å². The Hall–Kier alpha value is -1.62. The molecule has 14 heavy (non-hydrogen) atoms. The van der Waals surface area contributed by atoms with E-state index in [1.807, 2.05) is 0 Å². The van der Waals surface area contributed by atoms with Gasteiger partial charge in [0.2, 0.25) is 0 Å². The first kappa shape index (κ1) is 10.5. The zero-order valence-corrected chi connectivity index (χ0v) is 7.40. The van der Waals surface area contributed by atoms with Crippen molar-refractivity contribution >= 4 is 11.7 Å². The van der Waals surface area contributed by atoms with Crippen molar-refractivity contribution in [3.63, 3.8) is 0 Å². The van der Waals surface area contributed by atoms with Crippen molar-refractivity contribution in [2.45, 2.75) is 12.5 Å². The molecule has 4 nitrogen and oxygen atoms in total. The molecule has 0 amide bonds. The van der Waals surface area contributed by atoms with Gasteiger partial charge in [-0.05, 0) is 6.07 Å². The Morgan fingerprint density at radius 1 is 1.57 bits per heavy atom. The molecule has 5 heteroatoms. The predicted molar refractivity (Wildman–Crippen MR) is 50.0 cm³/mol. The second kappa shape index (κ2) is 4.06. The molecule has 0 radical (unpaired) electrons. The van der Waals surface area contributed by atoms with Gasteiger partial charge in [-0.25, -0.2) is 4.39 Å². The number of anilines is 1. The van der Waals surface area contributed by atoms with E-state index in [4.69, 9.17) is 16.6 Å². The number of benzene rings is 1. The fourth-order valence-corrected chi connectivity index (χ4v) is 1.15. The van der Waals surface area contributed by atoms with Crippen LogP contribution in [0.4, 0.5) is 10.1 Å². The molecular weight excluding hydrogens is 187 g/mol.